The van der Waals surface area contributed by atoms with Gasteiger partial charge in [0.1, 0.15) is 11.5 Å². The van der Waals surface area contributed by atoms with Crippen LogP contribution in [0.5, 0.6) is 11.5 Å². The molecular weight excluding hydrogens is 493 g/mol. The number of ether oxygens (including phenoxy) is 1. The fraction of sp³-hybridized carbons (Fsp3) is 0.567. The standard InChI is InChI=1S/C30H42Cl2NO3/c1-5-6-7-8-9-10-11-12-13-14-15-28(29(35)33-24-19-22(31)18-23(32)20-24)36-25-16-17-27(34)26(21-25)30(2,3)4/h16-17,19-21,28,34H,5-15H2,1-4H3,(H,33,35). The van der Waals surface area contributed by atoms with E-state index in [2.05, 4.69) is 18.3 Å². The number of phenols is 1. The van der Waals surface area contributed by atoms with Crippen LogP contribution in [0.4, 0.5) is 5.69 Å². The summed E-state index contributed by atoms with van der Waals surface area (Å²) in [5, 5.41) is 13.8. The van der Waals surface area contributed by atoms with Crippen molar-refractivity contribution >= 4 is 34.8 Å². The number of carbonyl (C=O) groups excluding carboxylic acids is 1. The Morgan fingerprint density at radius 3 is 2.06 bits per heavy atom. The van der Waals surface area contributed by atoms with Crippen molar-refractivity contribution in [3.8, 4) is 11.5 Å². The van der Waals surface area contributed by atoms with Crippen LogP contribution >= 0.6 is 23.2 Å². The molecule has 199 valence electrons. The van der Waals surface area contributed by atoms with Crippen molar-refractivity contribution in [2.24, 2.45) is 0 Å². The van der Waals surface area contributed by atoms with E-state index in [0.717, 1.165) is 24.8 Å². The van der Waals surface area contributed by atoms with Crippen LogP contribution in [-0.2, 0) is 10.2 Å². The SMILES string of the molecule is CCCCCCCCCCCCC(Oc1ccc(O)c(C(C)(C)C)c1)C(=O)Nc1cc(Cl)[c]c(Cl)c1. The lowest BCUT2D eigenvalue weighted by Gasteiger charge is -2.23. The lowest BCUT2D eigenvalue weighted by molar-refractivity contribution is -0.123. The number of aromatic hydroxyl groups is 1. The second-order valence-corrected chi connectivity index (χ2v) is 11.4. The maximum absolute atomic E-state index is 13.2. The molecule has 4 nitrogen and oxygen atoms in total. The van der Waals surface area contributed by atoms with Crippen molar-refractivity contribution in [1.29, 1.82) is 0 Å². The molecule has 2 aromatic rings. The topological polar surface area (TPSA) is 58.6 Å². The first-order valence-corrected chi connectivity index (χ1v) is 14.0. The van der Waals surface area contributed by atoms with E-state index in [-0.39, 0.29) is 17.1 Å². The highest BCUT2D eigenvalue weighted by atomic mass is 35.5. The zero-order chi connectivity index (χ0) is 26.6. The number of carbonyl (C=O) groups is 1. The Labute approximate surface area is 227 Å². The predicted molar refractivity (Wildman–Crippen MR) is 152 cm³/mol. The Bertz CT molecular complexity index is 935. The highest BCUT2D eigenvalue weighted by Crippen LogP contribution is 2.34. The molecule has 0 spiro atoms. The first-order valence-electron chi connectivity index (χ1n) is 13.3. The average molecular weight is 536 g/mol. The van der Waals surface area contributed by atoms with Gasteiger partial charge in [-0.25, -0.2) is 0 Å². The summed E-state index contributed by atoms with van der Waals surface area (Å²) in [5.41, 5.74) is 1.02. The summed E-state index contributed by atoms with van der Waals surface area (Å²) >= 11 is 12.1. The molecule has 0 fully saturated rings. The van der Waals surface area contributed by atoms with E-state index in [1.165, 1.54) is 44.9 Å². The van der Waals surface area contributed by atoms with E-state index in [4.69, 9.17) is 27.9 Å². The fourth-order valence-corrected chi connectivity index (χ4v) is 4.70. The van der Waals surface area contributed by atoms with Crippen LogP contribution in [0.25, 0.3) is 0 Å². The first-order chi connectivity index (χ1) is 17.1. The molecule has 36 heavy (non-hydrogen) atoms. The van der Waals surface area contributed by atoms with Crippen molar-refractivity contribution in [2.75, 3.05) is 5.32 Å². The summed E-state index contributed by atoms with van der Waals surface area (Å²) in [7, 11) is 0. The maximum atomic E-state index is 13.2. The third kappa shape index (κ3) is 11.0. The zero-order valence-electron chi connectivity index (χ0n) is 22.3. The van der Waals surface area contributed by atoms with Gasteiger partial charge in [-0.1, -0.05) is 109 Å². The average Bonchev–Trinajstić information content (AvgIpc) is 2.79. The number of hydrogen-bond donors (Lipinski definition) is 2. The van der Waals surface area contributed by atoms with E-state index in [9.17, 15) is 9.90 Å². The molecule has 0 aliphatic rings. The zero-order valence-corrected chi connectivity index (χ0v) is 23.8. The number of unbranched alkanes of at least 4 members (excludes halogenated alkanes) is 9. The molecule has 2 N–H and O–H groups in total. The number of nitrogens with one attached hydrogen (secondary N) is 1. The Hall–Kier alpha value is -1.91. The second-order valence-electron chi connectivity index (χ2n) is 10.6. The minimum Gasteiger partial charge on any atom is -0.508 e. The number of rotatable bonds is 15. The quantitative estimate of drug-likeness (QED) is 0.223. The monoisotopic (exact) mass is 534 g/mol. The van der Waals surface area contributed by atoms with Crippen LogP contribution in [0.3, 0.4) is 0 Å². The summed E-state index contributed by atoms with van der Waals surface area (Å²) in [6.07, 6.45) is 12.1. The van der Waals surface area contributed by atoms with Gasteiger partial charge in [-0.05, 0) is 48.6 Å². The van der Waals surface area contributed by atoms with Gasteiger partial charge in [0.15, 0.2) is 6.10 Å². The number of phenolic OH excluding ortho intramolecular Hbond substituents is 1. The van der Waals surface area contributed by atoms with Gasteiger partial charge in [-0.15, -0.1) is 0 Å². The van der Waals surface area contributed by atoms with Gasteiger partial charge in [0.2, 0.25) is 0 Å². The highest BCUT2D eigenvalue weighted by Gasteiger charge is 2.23. The fourth-order valence-electron chi connectivity index (χ4n) is 4.21. The normalized spacial score (nSPS) is 12.4. The minimum atomic E-state index is -0.682. The maximum Gasteiger partial charge on any atom is 0.265 e. The summed E-state index contributed by atoms with van der Waals surface area (Å²) in [6, 6.07) is 11.1. The van der Waals surface area contributed by atoms with Crippen LogP contribution in [0.2, 0.25) is 10.0 Å². The molecule has 1 atom stereocenters. The van der Waals surface area contributed by atoms with Gasteiger partial charge in [0.05, 0.1) is 10.0 Å². The molecule has 0 aromatic heterocycles. The predicted octanol–water partition coefficient (Wildman–Crippen LogP) is 9.49. The van der Waals surface area contributed by atoms with Crippen molar-refractivity contribution in [3.63, 3.8) is 0 Å². The molecular formula is C30H42Cl2NO3. The Balaban J connectivity index is 2.00. The Morgan fingerprint density at radius 2 is 1.50 bits per heavy atom. The van der Waals surface area contributed by atoms with Crippen LogP contribution in [0.1, 0.15) is 104 Å². The van der Waals surface area contributed by atoms with Crippen LogP contribution in [-0.4, -0.2) is 17.1 Å². The van der Waals surface area contributed by atoms with Crippen LogP contribution in [0, 0.1) is 6.07 Å². The van der Waals surface area contributed by atoms with Crippen molar-refractivity contribution < 1.29 is 14.6 Å². The lowest BCUT2D eigenvalue weighted by Crippen LogP contribution is -2.33. The summed E-state index contributed by atoms with van der Waals surface area (Å²) in [4.78, 5) is 13.2. The summed E-state index contributed by atoms with van der Waals surface area (Å²) in [5.74, 6) is 0.521. The second kappa shape index (κ2) is 15.4. The van der Waals surface area contributed by atoms with Crippen molar-refractivity contribution in [1.82, 2.24) is 0 Å². The highest BCUT2D eigenvalue weighted by molar-refractivity contribution is 6.34. The third-order valence-electron chi connectivity index (χ3n) is 6.24. The van der Waals surface area contributed by atoms with Gasteiger partial charge in [0, 0.05) is 17.3 Å². The molecule has 1 unspecified atom stereocenters. The molecule has 1 amide bonds. The number of halogens is 2. The van der Waals surface area contributed by atoms with Gasteiger partial charge >= 0.3 is 0 Å². The molecule has 0 aliphatic heterocycles. The first kappa shape index (κ1) is 30.3. The molecule has 6 heteroatoms. The molecule has 0 aliphatic carbocycles. The van der Waals surface area contributed by atoms with E-state index < -0.39 is 6.10 Å². The minimum absolute atomic E-state index is 0.218. The van der Waals surface area contributed by atoms with Gasteiger partial charge < -0.3 is 15.2 Å². The number of anilines is 1. The van der Waals surface area contributed by atoms with Crippen LogP contribution < -0.4 is 10.1 Å². The largest absolute Gasteiger partial charge is 0.508 e. The number of benzene rings is 2. The Morgan fingerprint density at radius 1 is 0.944 bits per heavy atom. The van der Waals surface area contributed by atoms with E-state index in [0.29, 0.717) is 27.9 Å². The summed E-state index contributed by atoms with van der Waals surface area (Å²) in [6.45, 7) is 8.32. The molecule has 0 saturated carbocycles. The molecule has 2 aromatic carbocycles. The smallest absolute Gasteiger partial charge is 0.265 e. The Kier molecular flexibility index (Phi) is 12.9. The lowest BCUT2D eigenvalue weighted by atomic mass is 9.86. The third-order valence-corrected chi connectivity index (χ3v) is 6.64. The number of hydrogen-bond acceptors (Lipinski definition) is 3. The molecule has 0 bridgehead atoms. The molecule has 1 radical (unpaired) electrons. The van der Waals surface area contributed by atoms with Crippen LogP contribution in [0.15, 0.2) is 30.3 Å². The molecule has 0 heterocycles. The van der Waals surface area contributed by atoms with E-state index in [1.807, 2.05) is 26.8 Å². The molecule has 0 saturated heterocycles. The van der Waals surface area contributed by atoms with E-state index in [1.54, 1.807) is 24.3 Å². The van der Waals surface area contributed by atoms with E-state index >= 15 is 0 Å². The summed E-state index contributed by atoms with van der Waals surface area (Å²) < 4.78 is 6.19. The van der Waals surface area contributed by atoms with Gasteiger partial charge in [-0.3, -0.25) is 4.79 Å². The van der Waals surface area contributed by atoms with Crippen molar-refractivity contribution in [3.05, 3.63) is 52.0 Å². The van der Waals surface area contributed by atoms with Crippen molar-refractivity contribution in [2.45, 2.75) is 110 Å². The molecule has 2 rings (SSSR count). The number of amides is 1. The van der Waals surface area contributed by atoms with Gasteiger partial charge in [-0.2, -0.15) is 0 Å². The van der Waals surface area contributed by atoms with Gasteiger partial charge in [0.25, 0.3) is 5.91 Å².